The molecular formula is C5H14ClN. The van der Waals surface area contributed by atoms with Gasteiger partial charge in [-0.15, -0.1) is 11.6 Å². The van der Waals surface area contributed by atoms with Gasteiger partial charge in [-0.2, -0.15) is 0 Å². The van der Waals surface area contributed by atoms with Gasteiger partial charge in [-0.1, -0.05) is 0 Å². The minimum Gasteiger partial charge on any atom is -0.323 e. The molecule has 0 aromatic heterocycles. The van der Waals surface area contributed by atoms with Gasteiger partial charge in [-0.3, -0.25) is 0 Å². The van der Waals surface area contributed by atoms with E-state index in [9.17, 15) is 0 Å². The zero-order valence-corrected chi connectivity index (χ0v) is 6.21. The maximum Gasteiger partial charge on any atom is 0.0279 e. The van der Waals surface area contributed by atoms with E-state index >= 15 is 0 Å². The maximum absolute atomic E-state index is 5.27. The van der Waals surface area contributed by atoms with Gasteiger partial charge >= 0.3 is 0 Å². The molecule has 0 fully saturated rings. The number of alkyl halides is 1. The van der Waals surface area contributed by atoms with Crippen molar-refractivity contribution in [2.24, 2.45) is 0 Å². The minimum absolute atomic E-state index is 0.306. The van der Waals surface area contributed by atoms with Gasteiger partial charge in [0, 0.05) is 5.38 Å². The minimum atomic E-state index is 0.306. The Kier molecular flexibility index (Phi) is 14.0. The van der Waals surface area contributed by atoms with E-state index in [2.05, 4.69) is 5.32 Å². The van der Waals surface area contributed by atoms with Crippen molar-refractivity contribution in [2.75, 3.05) is 14.1 Å². The zero-order chi connectivity index (χ0) is 6.28. The summed E-state index contributed by atoms with van der Waals surface area (Å²) in [7, 11) is 3.75. The molecule has 0 amide bonds. The van der Waals surface area contributed by atoms with Crippen LogP contribution in [0.15, 0.2) is 0 Å². The van der Waals surface area contributed by atoms with Gasteiger partial charge in [0.25, 0.3) is 0 Å². The largest absolute Gasteiger partial charge is 0.323 e. The standard InChI is InChI=1S/C3H7Cl.C2H7N/c1-3(2)4;1-3-2/h3H,1-2H3;3H,1-2H3. The first-order valence-corrected chi connectivity index (χ1v) is 2.81. The molecule has 0 aliphatic heterocycles. The number of hydrogen-bond acceptors (Lipinski definition) is 1. The molecule has 0 heterocycles. The van der Waals surface area contributed by atoms with Crippen LogP contribution in [0.25, 0.3) is 0 Å². The molecular weight excluding hydrogens is 110 g/mol. The molecule has 0 aromatic rings. The number of halogens is 1. The summed E-state index contributed by atoms with van der Waals surface area (Å²) in [6.45, 7) is 3.86. The highest BCUT2D eigenvalue weighted by molar-refractivity contribution is 6.20. The Hall–Kier alpha value is 0.250. The molecule has 0 rings (SSSR count). The van der Waals surface area contributed by atoms with Crippen molar-refractivity contribution in [3.05, 3.63) is 0 Å². The van der Waals surface area contributed by atoms with Crippen molar-refractivity contribution in [3.63, 3.8) is 0 Å². The summed E-state index contributed by atoms with van der Waals surface area (Å²) in [6, 6.07) is 0. The van der Waals surface area contributed by atoms with Crippen LogP contribution in [0.3, 0.4) is 0 Å². The third-order valence-corrected chi connectivity index (χ3v) is 0. The maximum atomic E-state index is 5.27. The van der Waals surface area contributed by atoms with Crippen LogP contribution in [-0.4, -0.2) is 19.5 Å². The Morgan fingerprint density at radius 2 is 1.29 bits per heavy atom. The SMILES string of the molecule is CC(C)Cl.CNC. The first kappa shape index (κ1) is 10.3. The molecule has 0 saturated carbocycles. The predicted octanol–water partition coefficient (Wildman–Crippen LogP) is 1.47. The lowest BCUT2D eigenvalue weighted by molar-refractivity contribution is 1.02. The highest BCUT2D eigenvalue weighted by atomic mass is 35.5. The van der Waals surface area contributed by atoms with Crippen LogP contribution < -0.4 is 5.32 Å². The number of rotatable bonds is 0. The van der Waals surface area contributed by atoms with E-state index in [4.69, 9.17) is 11.6 Å². The normalized spacial score (nSPS) is 7.71. The van der Waals surface area contributed by atoms with E-state index in [1.807, 2.05) is 27.9 Å². The molecule has 0 atom stereocenters. The van der Waals surface area contributed by atoms with Crippen LogP contribution in [0.4, 0.5) is 0 Å². The molecule has 1 N–H and O–H groups in total. The van der Waals surface area contributed by atoms with Crippen molar-refractivity contribution in [1.82, 2.24) is 5.32 Å². The average molecular weight is 124 g/mol. The summed E-state index contributed by atoms with van der Waals surface area (Å²) in [6.07, 6.45) is 0. The van der Waals surface area contributed by atoms with Gasteiger partial charge < -0.3 is 5.32 Å². The van der Waals surface area contributed by atoms with Gasteiger partial charge in [0.15, 0.2) is 0 Å². The molecule has 0 bridgehead atoms. The van der Waals surface area contributed by atoms with Crippen LogP contribution in [0.5, 0.6) is 0 Å². The fraction of sp³-hybridized carbons (Fsp3) is 1.00. The Morgan fingerprint density at radius 3 is 1.29 bits per heavy atom. The Labute approximate surface area is 51.1 Å². The van der Waals surface area contributed by atoms with Gasteiger partial charge in [0.2, 0.25) is 0 Å². The van der Waals surface area contributed by atoms with E-state index in [1.165, 1.54) is 0 Å². The third-order valence-electron chi connectivity index (χ3n) is 0. The van der Waals surface area contributed by atoms with Gasteiger partial charge in [-0.05, 0) is 27.9 Å². The van der Waals surface area contributed by atoms with Crippen LogP contribution >= 0.6 is 11.6 Å². The first-order valence-electron chi connectivity index (χ1n) is 2.37. The highest BCUT2D eigenvalue weighted by Gasteiger charge is 1.71. The molecule has 46 valence electrons. The van der Waals surface area contributed by atoms with E-state index in [0.717, 1.165) is 0 Å². The summed E-state index contributed by atoms with van der Waals surface area (Å²) in [4.78, 5) is 0. The molecule has 0 aromatic carbocycles. The Balaban J connectivity index is 0. The topological polar surface area (TPSA) is 12.0 Å². The summed E-state index contributed by atoms with van der Waals surface area (Å²) in [5.41, 5.74) is 0. The van der Waals surface area contributed by atoms with E-state index in [-0.39, 0.29) is 0 Å². The van der Waals surface area contributed by atoms with E-state index in [1.54, 1.807) is 0 Å². The van der Waals surface area contributed by atoms with Crippen molar-refractivity contribution >= 4 is 11.6 Å². The second kappa shape index (κ2) is 9.54. The predicted molar refractivity (Wildman–Crippen MR) is 36.0 cm³/mol. The summed E-state index contributed by atoms with van der Waals surface area (Å²) >= 11 is 5.27. The second-order valence-electron chi connectivity index (χ2n) is 1.51. The first-order chi connectivity index (χ1) is 3.15. The molecule has 0 saturated heterocycles. The summed E-state index contributed by atoms with van der Waals surface area (Å²) in [5.74, 6) is 0. The fourth-order valence-corrected chi connectivity index (χ4v) is 0. The number of hydrogen-bond donors (Lipinski definition) is 1. The molecule has 0 aliphatic carbocycles. The van der Waals surface area contributed by atoms with Crippen molar-refractivity contribution in [2.45, 2.75) is 19.2 Å². The lowest BCUT2D eigenvalue weighted by Crippen LogP contribution is -1.89. The summed E-state index contributed by atoms with van der Waals surface area (Å²) in [5, 5.41) is 3.06. The Morgan fingerprint density at radius 1 is 1.29 bits per heavy atom. The van der Waals surface area contributed by atoms with Crippen LogP contribution in [0.1, 0.15) is 13.8 Å². The third kappa shape index (κ3) is 1810. The van der Waals surface area contributed by atoms with Gasteiger partial charge in [-0.25, -0.2) is 0 Å². The van der Waals surface area contributed by atoms with Crippen molar-refractivity contribution in [3.8, 4) is 0 Å². The van der Waals surface area contributed by atoms with Crippen molar-refractivity contribution < 1.29 is 0 Å². The van der Waals surface area contributed by atoms with Crippen LogP contribution in [0.2, 0.25) is 0 Å². The van der Waals surface area contributed by atoms with Crippen LogP contribution in [-0.2, 0) is 0 Å². The molecule has 2 heteroatoms. The lowest BCUT2D eigenvalue weighted by atomic mass is 10.6. The molecule has 1 nitrogen and oxygen atoms in total. The van der Waals surface area contributed by atoms with Gasteiger partial charge in [0.05, 0.1) is 0 Å². The quantitative estimate of drug-likeness (QED) is 0.481. The average Bonchev–Trinajstić information content (AvgIpc) is 1.33. The van der Waals surface area contributed by atoms with E-state index < -0.39 is 0 Å². The zero-order valence-electron chi connectivity index (χ0n) is 5.46. The van der Waals surface area contributed by atoms with E-state index in [0.29, 0.717) is 5.38 Å². The molecule has 7 heavy (non-hydrogen) atoms. The van der Waals surface area contributed by atoms with Crippen LogP contribution in [0, 0.1) is 0 Å². The molecule has 0 aliphatic rings. The van der Waals surface area contributed by atoms with Gasteiger partial charge in [0.1, 0.15) is 0 Å². The molecule has 0 unspecified atom stereocenters. The number of nitrogens with one attached hydrogen (secondary N) is 1. The Bertz CT molecular complexity index is 19.3. The van der Waals surface area contributed by atoms with Crippen molar-refractivity contribution in [1.29, 1.82) is 0 Å². The summed E-state index contributed by atoms with van der Waals surface area (Å²) < 4.78 is 0. The molecule has 0 radical (unpaired) electrons. The monoisotopic (exact) mass is 123 g/mol. The smallest absolute Gasteiger partial charge is 0.0279 e. The fourth-order valence-electron chi connectivity index (χ4n) is 0. The second-order valence-corrected chi connectivity index (χ2v) is 2.39. The molecule has 0 spiro atoms. The lowest BCUT2D eigenvalue weighted by Gasteiger charge is -1.76. The highest BCUT2D eigenvalue weighted by Crippen LogP contribution is 1.84.